The van der Waals surface area contributed by atoms with E-state index >= 15 is 0 Å². The highest BCUT2D eigenvalue weighted by Crippen LogP contribution is 2.35. The molecule has 2 atom stereocenters. The van der Waals surface area contributed by atoms with Crippen LogP contribution < -0.4 is 10.2 Å². The van der Waals surface area contributed by atoms with E-state index in [1.807, 2.05) is 11.7 Å². The largest absolute Gasteiger partial charge is 0.348 e. The smallest absolute Gasteiger partial charge is 0.186 e. The maximum Gasteiger partial charge on any atom is 0.186 e. The number of benzene rings is 2. The fourth-order valence-corrected chi connectivity index (χ4v) is 5.49. The summed E-state index contributed by atoms with van der Waals surface area (Å²) < 4.78 is 3.13. The second-order valence-corrected chi connectivity index (χ2v) is 9.37. The maximum atomic E-state index is 4.93. The van der Waals surface area contributed by atoms with E-state index in [0.29, 0.717) is 12.1 Å². The number of hydrogen-bond donors (Lipinski definition) is 1. The van der Waals surface area contributed by atoms with E-state index in [1.165, 1.54) is 39.6 Å². The average molecular weight is 442 g/mol. The first-order chi connectivity index (χ1) is 14.0. The Labute approximate surface area is 187 Å². The summed E-state index contributed by atoms with van der Waals surface area (Å²) in [6.07, 6.45) is 4.43. The number of aromatic nitrogens is 3. The molecule has 30 heavy (non-hydrogen) atoms. The molecule has 7 heteroatoms. The number of rotatable bonds is 3. The van der Waals surface area contributed by atoms with Gasteiger partial charge in [-0.15, -0.1) is 12.4 Å². The number of fused-ring (bicyclic) bond motifs is 2. The number of hydrogen-bond acceptors (Lipinski definition) is 5. The van der Waals surface area contributed by atoms with Crippen LogP contribution in [0.2, 0.25) is 0 Å². The lowest BCUT2D eigenvalue weighted by atomic mass is 10.00. The molecule has 2 aromatic heterocycles. The van der Waals surface area contributed by atoms with Crippen LogP contribution in [0.15, 0.2) is 36.5 Å². The van der Waals surface area contributed by atoms with Gasteiger partial charge in [-0.1, -0.05) is 17.4 Å². The van der Waals surface area contributed by atoms with Gasteiger partial charge in [-0.2, -0.15) is 5.10 Å². The summed E-state index contributed by atoms with van der Waals surface area (Å²) in [5.74, 6) is 0. The summed E-state index contributed by atoms with van der Waals surface area (Å²) in [6.45, 7) is 5.49. The van der Waals surface area contributed by atoms with Crippen LogP contribution in [-0.4, -0.2) is 40.4 Å². The Morgan fingerprint density at radius 1 is 1.20 bits per heavy atom. The second kappa shape index (κ2) is 8.17. The summed E-state index contributed by atoms with van der Waals surface area (Å²) in [7, 11) is 4.17. The van der Waals surface area contributed by atoms with Crippen molar-refractivity contribution in [3.05, 3.63) is 42.1 Å². The SMILES string of the molecule is Cc1cc(-c2ccc3nc(N(C)C4CCNC(C)C4)sc3c2)cc2cn(C)nc12.Cl. The van der Waals surface area contributed by atoms with Gasteiger partial charge in [0.2, 0.25) is 0 Å². The summed E-state index contributed by atoms with van der Waals surface area (Å²) >= 11 is 1.80. The molecule has 5 rings (SSSR count). The quantitative estimate of drug-likeness (QED) is 0.477. The minimum atomic E-state index is 0. The molecule has 0 aliphatic carbocycles. The lowest BCUT2D eigenvalue weighted by Crippen LogP contribution is -2.45. The minimum Gasteiger partial charge on any atom is -0.348 e. The van der Waals surface area contributed by atoms with E-state index in [9.17, 15) is 0 Å². The molecule has 1 fully saturated rings. The molecule has 2 aromatic carbocycles. The van der Waals surface area contributed by atoms with Crippen molar-refractivity contribution in [2.24, 2.45) is 7.05 Å². The first-order valence-corrected chi connectivity index (χ1v) is 11.1. The van der Waals surface area contributed by atoms with Crippen LogP contribution in [0.4, 0.5) is 5.13 Å². The van der Waals surface area contributed by atoms with E-state index in [4.69, 9.17) is 4.98 Å². The van der Waals surface area contributed by atoms with Crippen molar-refractivity contribution in [2.45, 2.75) is 38.8 Å². The van der Waals surface area contributed by atoms with Gasteiger partial charge >= 0.3 is 0 Å². The number of anilines is 1. The third kappa shape index (κ3) is 3.80. The molecule has 0 bridgehead atoms. The molecule has 5 nitrogen and oxygen atoms in total. The zero-order chi connectivity index (χ0) is 20.1. The Morgan fingerprint density at radius 2 is 2.03 bits per heavy atom. The van der Waals surface area contributed by atoms with E-state index in [1.54, 1.807) is 11.3 Å². The van der Waals surface area contributed by atoms with Crippen LogP contribution in [0, 0.1) is 6.92 Å². The Hall–Kier alpha value is -2.15. The molecule has 1 saturated heterocycles. The number of aryl methyl sites for hydroxylation is 2. The van der Waals surface area contributed by atoms with Crippen molar-refractivity contribution in [3.8, 4) is 11.1 Å². The van der Waals surface area contributed by atoms with E-state index in [2.05, 4.69) is 72.7 Å². The van der Waals surface area contributed by atoms with Crippen molar-refractivity contribution in [3.63, 3.8) is 0 Å². The van der Waals surface area contributed by atoms with Gasteiger partial charge in [-0.25, -0.2) is 4.98 Å². The fraction of sp³-hybridized carbons (Fsp3) is 0.391. The molecule has 0 saturated carbocycles. The molecule has 2 unspecified atom stereocenters. The van der Waals surface area contributed by atoms with Crippen molar-refractivity contribution in [2.75, 3.05) is 18.5 Å². The van der Waals surface area contributed by atoms with Crippen LogP contribution >= 0.6 is 23.7 Å². The van der Waals surface area contributed by atoms with Crippen LogP contribution in [0.5, 0.6) is 0 Å². The van der Waals surface area contributed by atoms with Gasteiger partial charge in [0.15, 0.2) is 5.13 Å². The average Bonchev–Trinajstić information content (AvgIpc) is 3.29. The van der Waals surface area contributed by atoms with Crippen molar-refractivity contribution < 1.29 is 0 Å². The zero-order valence-electron chi connectivity index (χ0n) is 17.8. The maximum absolute atomic E-state index is 4.93. The molecule has 1 aliphatic heterocycles. The number of piperidine rings is 1. The van der Waals surface area contributed by atoms with E-state index < -0.39 is 0 Å². The van der Waals surface area contributed by atoms with Crippen LogP contribution in [0.1, 0.15) is 25.3 Å². The highest BCUT2D eigenvalue weighted by Gasteiger charge is 2.24. The second-order valence-electron chi connectivity index (χ2n) is 8.36. The van der Waals surface area contributed by atoms with Gasteiger partial charge in [0.25, 0.3) is 0 Å². The van der Waals surface area contributed by atoms with Crippen LogP contribution in [0.25, 0.3) is 32.2 Å². The van der Waals surface area contributed by atoms with Crippen molar-refractivity contribution >= 4 is 50.0 Å². The van der Waals surface area contributed by atoms with Crippen LogP contribution in [-0.2, 0) is 7.05 Å². The van der Waals surface area contributed by atoms with E-state index in [0.717, 1.165) is 22.7 Å². The number of thiazole rings is 1. The molecular formula is C23H28ClN5S. The highest BCUT2D eigenvalue weighted by molar-refractivity contribution is 7.22. The number of nitrogens with zero attached hydrogens (tertiary/aromatic N) is 4. The van der Waals surface area contributed by atoms with Crippen LogP contribution in [0.3, 0.4) is 0 Å². The predicted octanol–water partition coefficient (Wildman–Crippen LogP) is 5.16. The van der Waals surface area contributed by atoms with Gasteiger partial charge in [0.05, 0.1) is 15.7 Å². The van der Waals surface area contributed by atoms with Crippen molar-refractivity contribution in [1.82, 2.24) is 20.1 Å². The Bertz CT molecular complexity index is 1200. The first kappa shape index (κ1) is 21.1. The molecule has 1 aliphatic rings. The molecule has 0 spiro atoms. The lowest BCUT2D eigenvalue weighted by molar-refractivity contribution is 0.371. The molecule has 158 valence electrons. The summed E-state index contributed by atoms with van der Waals surface area (Å²) in [6, 6.07) is 12.2. The topological polar surface area (TPSA) is 46.0 Å². The number of halogens is 1. The van der Waals surface area contributed by atoms with Gasteiger partial charge in [-0.3, -0.25) is 4.68 Å². The standard InChI is InChI=1S/C23H27N5S.ClH/c1-14-9-17(11-18-13-27(3)26-22(14)18)16-5-6-20-21(12-16)29-23(25-20)28(4)19-7-8-24-15(2)10-19;/h5-6,9,11-13,15,19,24H,7-8,10H2,1-4H3;1H. The van der Waals surface area contributed by atoms with Gasteiger partial charge in [0, 0.05) is 37.8 Å². The molecule has 0 amide bonds. The van der Waals surface area contributed by atoms with Gasteiger partial charge in [0.1, 0.15) is 0 Å². The normalized spacial score (nSPS) is 19.2. The first-order valence-electron chi connectivity index (χ1n) is 10.3. The summed E-state index contributed by atoms with van der Waals surface area (Å²) in [4.78, 5) is 7.31. The molecule has 4 aromatic rings. The number of nitrogens with one attached hydrogen (secondary N) is 1. The molecule has 0 radical (unpaired) electrons. The third-order valence-electron chi connectivity index (χ3n) is 6.07. The van der Waals surface area contributed by atoms with Crippen molar-refractivity contribution in [1.29, 1.82) is 0 Å². The summed E-state index contributed by atoms with van der Waals surface area (Å²) in [5, 5.41) is 10.4. The Morgan fingerprint density at radius 3 is 2.83 bits per heavy atom. The Balaban J connectivity index is 0.00000218. The fourth-order valence-electron chi connectivity index (χ4n) is 4.45. The van der Waals surface area contributed by atoms with Gasteiger partial charge < -0.3 is 10.2 Å². The minimum absolute atomic E-state index is 0. The predicted molar refractivity (Wildman–Crippen MR) is 130 cm³/mol. The monoisotopic (exact) mass is 441 g/mol. The highest BCUT2D eigenvalue weighted by atomic mass is 35.5. The summed E-state index contributed by atoms with van der Waals surface area (Å²) in [5.41, 5.74) is 5.85. The van der Waals surface area contributed by atoms with E-state index in [-0.39, 0.29) is 12.4 Å². The molecular weight excluding hydrogens is 414 g/mol. The molecule has 3 heterocycles. The van der Waals surface area contributed by atoms with Gasteiger partial charge in [-0.05, 0) is 74.2 Å². The lowest BCUT2D eigenvalue weighted by Gasteiger charge is -2.34. The Kier molecular flexibility index (Phi) is 5.75. The zero-order valence-corrected chi connectivity index (χ0v) is 19.5. The third-order valence-corrected chi connectivity index (χ3v) is 7.18. The molecule has 1 N–H and O–H groups in total.